The van der Waals surface area contributed by atoms with Gasteiger partial charge in [0, 0.05) is 23.7 Å². The van der Waals surface area contributed by atoms with Gasteiger partial charge in [-0.2, -0.15) is 0 Å². The zero-order chi connectivity index (χ0) is 18.5. The zero-order valence-electron chi connectivity index (χ0n) is 14.2. The van der Waals surface area contributed by atoms with Crippen LogP contribution in [-0.4, -0.2) is 34.3 Å². The predicted molar refractivity (Wildman–Crippen MR) is 96.6 cm³/mol. The molecular formula is C20H20N2O4. The molecule has 0 heterocycles. The Kier molecular flexibility index (Phi) is 5.31. The minimum absolute atomic E-state index is 0.0405. The third kappa shape index (κ3) is 4.69. The van der Waals surface area contributed by atoms with Gasteiger partial charge in [0.25, 0.3) is 5.91 Å². The molecule has 0 saturated heterocycles. The molecule has 3 rings (SSSR count). The Morgan fingerprint density at radius 3 is 2.42 bits per heavy atom. The fourth-order valence-corrected chi connectivity index (χ4v) is 2.67. The largest absolute Gasteiger partial charge is 0.480 e. The highest BCUT2D eigenvalue weighted by molar-refractivity contribution is 5.99. The lowest BCUT2D eigenvalue weighted by Gasteiger charge is -2.21. The van der Waals surface area contributed by atoms with Gasteiger partial charge in [0.2, 0.25) is 5.91 Å². The molecule has 2 amide bonds. The third-order valence-electron chi connectivity index (χ3n) is 4.15. The summed E-state index contributed by atoms with van der Waals surface area (Å²) in [6.45, 7) is -0.197. The average Bonchev–Trinajstić information content (AvgIpc) is 3.46. The number of anilines is 1. The van der Waals surface area contributed by atoms with Gasteiger partial charge in [-0.25, -0.2) is 0 Å². The highest BCUT2D eigenvalue weighted by Gasteiger charge is 2.29. The quantitative estimate of drug-likeness (QED) is 0.802. The summed E-state index contributed by atoms with van der Waals surface area (Å²) in [5, 5.41) is 12.0. The molecule has 2 aromatic rings. The molecule has 1 aliphatic rings. The molecule has 134 valence electrons. The summed E-state index contributed by atoms with van der Waals surface area (Å²) in [6, 6.07) is 15.8. The molecule has 1 fully saturated rings. The van der Waals surface area contributed by atoms with Crippen LogP contribution in [0.25, 0.3) is 0 Å². The fourth-order valence-electron chi connectivity index (χ4n) is 2.67. The van der Waals surface area contributed by atoms with Crippen LogP contribution in [0.3, 0.4) is 0 Å². The van der Waals surface area contributed by atoms with E-state index in [0.717, 1.165) is 18.4 Å². The second-order valence-corrected chi connectivity index (χ2v) is 6.38. The van der Waals surface area contributed by atoms with Crippen molar-refractivity contribution in [2.75, 3.05) is 11.9 Å². The normalized spacial score (nSPS) is 13.1. The van der Waals surface area contributed by atoms with Crippen molar-refractivity contribution in [1.29, 1.82) is 0 Å². The summed E-state index contributed by atoms with van der Waals surface area (Å²) in [5.41, 5.74) is 1.74. The number of carbonyl (C=O) groups excluding carboxylic acids is 2. The van der Waals surface area contributed by atoms with Crippen LogP contribution in [0.15, 0.2) is 54.6 Å². The van der Waals surface area contributed by atoms with Crippen molar-refractivity contribution in [2.45, 2.75) is 19.4 Å². The summed E-state index contributed by atoms with van der Waals surface area (Å²) in [4.78, 5) is 37.2. The average molecular weight is 352 g/mol. The van der Waals surface area contributed by atoms with Crippen molar-refractivity contribution in [1.82, 2.24) is 4.90 Å². The van der Waals surface area contributed by atoms with Crippen LogP contribution in [0.1, 0.15) is 28.8 Å². The summed E-state index contributed by atoms with van der Waals surface area (Å²) in [5.74, 6) is -1.44. The van der Waals surface area contributed by atoms with E-state index in [-0.39, 0.29) is 18.4 Å². The number of rotatable bonds is 7. The van der Waals surface area contributed by atoms with E-state index in [2.05, 4.69) is 5.32 Å². The van der Waals surface area contributed by atoms with Gasteiger partial charge in [-0.1, -0.05) is 36.4 Å². The minimum atomic E-state index is -1.08. The van der Waals surface area contributed by atoms with Crippen LogP contribution >= 0.6 is 0 Å². The number of carbonyl (C=O) groups is 3. The molecule has 6 nitrogen and oxygen atoms in total. The van der Waals surface area contributed by atoms with Crippen LogP contribution < -0.4 is 5.32 Å². The Hall–Kier alpha value is -3.15. The Labute approximate surface area is 151 Å². The molecule has 2 N–H and O–H groups in total. The zero-order valence-corrected chi connectivity index (χ0v) is 14.2. The van der Waals surface area contributed by atoms with Crippen LogP contribution in [0, 0.1) is 5.92 Å². The number of hydrogen-bond donors (Lipinski definition) is 2. The molecule has 0 aliphatic heterocycles. The van der Waals surface area contributed by atoms with Crippen molar-refractivity contribution in [3.63, 3.8) is 0 Å². The third-order valence-corrected chi connectivity index (χ3v) is 4.15. The molecule has 6 heteroatoms. The van der Waals surface area contributed by atoms with Crippen molar-refractivity contribution < 1.29 is 19.5 Å². The maximum atomic E-state index is 12.8. The highest BCUT2D eigenvalue weighted by Crippen LogP contribution is 2.30. The molecule has 26 heavy (non-hydrogen) atoms. The molecule has 0 aromatic heterocycles. The SMILES string of the molecule is O=C(O)CN(Cc1ccccc1)C(=O)c1cccc(NC(=O)C2CC2)c1. The monoisotopic (exact) mass is 352 g/mol. The summed E-state index contributed by atoms with van der Waals surface area (Å²) >= 11 is 0. The molecular weight excluding hydrogens is 332 g/mol. The fraction of sp³-hybridized carbons (Fsp3) is 0.250. The lowest BCUT2D eigenvalue weighted by molar-refractivity contribution is -0.137. The van der Waals surface area contributed by atoms with Crippen molar-refractivity contribution in [3.05, 3.63) is 65.7 Å². The number of benzene rings is 2. The lowest BCUT2D eigenvalue weighted by Crippen LogP contribution is -2.35. The first-order valence-corrected chi connectivity index (χ1v) is 8.49. The van der Waals surface area contributed by atoms with Crippen molar-refractivity contribution >= 4 is 23.5 Å². The maximum absolute atomic E-state index is 12.8. The van der Waals surface area contributed by atoms with Gasteiger partial charge in [-0.15, -0.1) is 0 Å². The van der Waals surface area contributed by atoms with E-state index in [1.54, 1.807) is 24.3 Å². The maximum Gasteiger partial charge on any atom is 0.323 e. The van der Waals surface area contributed by atoms with Crippen LogP contribution in [0.5, 0.6) is 0 Å². The molecule has 1 aliphatic carbocycles. The lowest BCUT2D eigenvalue weighted by atomic mass is 10.1. The minimum Gasteiger partial charge on any atom is -0.480 e. The van der Waals surface area contributed by atoms with E-state index in [1.807, 2.05) is 30.3 Å². The van der Waals surface area contributed by atoms with Crippen LogP contribution in [0.4, 0.5) is 5.69 Å². The summed E-state index contributed by atoms with van der Waals surface area (Å²) < 4.78 is 0. The standard InChI is InChI=1S/C20H20N2O4/c23-18(24)13-22(12-14-5-2-1-3-6-14)20(26)16-7-4-8-17(11-16)21-19(25)15-9-10-15/h1-8,11,15H,9-10,12-13H2,(H,21,25)(H,23,24). The molecule has 0 radical (unpaired) electrons. The van der Waals surface area contributed by atoms with E-state index in [1.165, 1.54) is 4.90 Å². The Bertz CT molecular complexity index is 816. The van der Waals surface area contributed by atoms with E-state index >= 15 is 0 Å². The van der Waals surface area contributed by atoms with Crippen LogP contribution in [0.2, 0.25) is 0 Å². The van der Waals surface area contributed by atoms with Gasteiger partial charge >= 0.3 is 5.97 Å². The second-order valence-electron chi connectivity index (χ2n) is 6.38. The molecule has 1 saturated carbocycles. The van der Waals surface area contributed by atoms with Gasteiger partial charge in [0.05, 0.1) is 0 Å². The topological polar surface area (TPSA) is 86.7 Å². The van der Waals surface area contributed by atoms with Crippen molar-refractivity contribution in [3.8, 4) is 0 Å². The Balaban J connectivity index is 1.76. The van der Waals surface area contributed by atoms with Gasteiger partial charge in [-0.05, 0) is 36.6 Å². The van der Waals surface area contributed by atoms with E-state index in [4.69, 9.17) is 5.11 Å². The predicted octanol–water partition coefficient (Wildman–Crippen LogP) is 2.76. The number of hydrogen-bond acceptors (Lipinski definition) is 3. The molecule has 0 bridgehead atoms. The highest BCUT2D eigenvalue weighted by atomic mass is 16.4. The number of nitrogens with one attached hydrogen (secondary N) is 1. The summed E-state index contributed by atoms with van der Waals surface area (Å²) in [7, 11) is 0. The molecule has 0 spiro atoms. The van der Waals surface area contributed by atoms with Crippen molar-refractivity contribution in [2.24, 2.45) is 5.92 Å². The first kappa shape index (κ1) is 17.7. The van der Waals surface area contributed by atoms with Gasteiger partial charge in [0.1, 0.15) is 6.54 Å². The van der Waals surface area contributed by atoms with Gasteiger partial charge in [0.15, 0.2) is 0 Å². The second kappa shape index (κ2) is 7.82. The van der Waals surface area contributed by atoms with E-state index < -0.39 is 18.4 Å². The number of amides is 2. The summed E-state index contributed by atoms with van der Waals surface area (Å²) in [6.07, 6.45) is 1.79. The smallest absolute Gasteiger partial charge is 0.323 e. The number of aliphatic carboxylic acids is 1. The first-order chi connectivity index (χ1) is 12.5. The first-order valence-electron chi connectivity index (χ1n) is 8.49. The molecule has 2 aromatic carbocycles. The Morgan fingerprint density at radius 2 is 1.77 bits per heavy atom. The number of carboxylic acids is 1. The van der Waals surface area contributed by atoms with Gasteiger partial charge in [-0.3, -0.25) is 14.4 Å². The van der Waals surface area contributed by atoms with Crippen LogP contribution in [-0.2, 0) is 16.1 Å². The van der Waals surface area contributed by atoms with Gasteiger partial charge < -0.3 is 15.3 Å². The molecule has 0 unspecified atom stereocenters. The van der Waals surface area contributed by atoms with E-state index in [0.29, 0.717) is 11.3 Å². The number of carboxylic acid groups (broad SMARTS) is 1. The van der Waals surface area contributed by atoms with E-state index in [9.17, 15) is 14.4 Å². The number of nitrogens with zero attached hydrogens (tertiary/aromatic N) is 1. The Morgan fingerprint density at radius 1 is 1.04 bits per heavy atom. The molecule has 0 atom stereocenters.